The van der Waals surface area contributed by atoms with Crippen LogP contribution in [0.4, 0.5) is 0 Å². The van der Waals surface area contributed by atoms with Crippen molar-refractivity contribution in [2.75, 3.05) is 7.11 Å². The molecular formula is C22H31NO3S. The first kappa shape index (κ1) is 20.2. The molecule has 4 nitrogen and oxygen atoms in total. The maximum atomic E-state index is 13.5. The van der Waals surface area contributed by atoms with Crippen LogP contribution in [0.1, 0.15) is 74.9 Å². The molecule has 148 valence electrons. The molecule has 1 atom stereocenters. The van der Waals surface area contributed by atoms with Crippen molar-refractivity contribution < 1.29 is 13.2 Å². The fourth-order valence-corrected chi connectivity index (χ4v) is 5.70. The van der Waals surface area contributed by atoms with Crippen molar-refractivity contribution in [3.05, 3.63) is 53.3 Å². The van der Waals surface area contributed by atoms with Crippen molar-refractivity contribution in [1.82, 2.24) is 3.97 Å². The molecule has 1 aromatic carbocycles. The van der Waals surface area contributed by atoms with Gasteiger partial charge in [-0.15, -0.1) is 0 Å². The van der Waals surface area contributed by atoms with Crippen molar-refractivity contribution >= 4 is 10.0 Å². The highest BCUT2D eigenvalue weighted by atomic mass is 32.2. The van der Waals surface area contributed by atoms with Crippen LogP contribution < -0.4 is 0 Å². The predicted molar refractivity (Wildman–Crippen MR) is 109 cm³/mol. The number of ether oxygens (including phenoxy) is 1. The van der Waals surface area contributed by atoms with Gasteiger partial charge < -0.3 is 4.74 Å². The molecule has 0 N–H and O–H groups in total. The summed E-state index contributed by atoms with van der Waals surface area (Å²) < 4.78 is 34.4. The maximum Gasteiger partial charge on any atom is 0.268 e. The number of nitrogens with zero attached hydrogens (tertiary/aromatic N) is 1. The average molecular weight is 390 g/mol. The molecule has 1 unspecified atom stereocenters. The quantitative estimate of drug-likeness (QED) is 0.550. The van der Waals surface area contributed by atoms with Gasteiger partial charge in [0, 0.05) is 12.8 Å². The molecule has 0 saturated heterocycles. The molecule has 1 aliphatic rings. The van der Waals surface area contributed by atoms with Gasteiger partial charge in [0.05, 0.1) is 16.7 Å². The van der Waals surface area contributed by atoms with E-state index >= 15 is 0 Å². The Morgan fingerprint density at radius 3 is 2.52 bits per heavy atom. The highest BCUT2D eigenvalue weighted by Gasteiger charge is 2.30. The van der Waals surface area contributed by atoms with Gasteiger partial charge in [-0.05, 0) is 55.9 Å². The highest BCUT2D eigenvalue weighted by Crippen LogP contribution is 2.34. The van der Waals surface area contributed by atoms with Gasteiger partial charge in [-0.2, -0.15) is 0 Å². The summed E-state index contributed by atoms with van der Waals surface area (Å²) >= 11 is 0. The third-order valence-corrected chi connectivity index (χ3v) is 7.28. The van der Waals surface area contributed by atoms with E-state index in [1.54, 1.807) is 35.3 Å². The summed E-state index contributed by atoms with van der Waals surface area (Å²) in [6, 6.07) is 10.8. The van der Waals surface area contributed by atoms with Crippen molar-refractivity contribution in [3.8, 4) is 0 Å². The molecule has 1 heterocycles. The van der Waals surface area contributed by atoms with Crippen LogP contribution in [0.3, 0.4) is 0 Å². The molecule has 0 amide bonds. The van der Waals surface area contributed by atoms with Crippen LogP contribution in [-0.2, 0) is 27.6 Å². The van der Waals surface area contributed by atoms with Crippen LogP contribution in [0, 0.1) is 0 Å². The number of aryl methyl sites for hydroxylation is 1. The van der Waals surface area contributed by atoms with Gasteiger partial charge in [0.25, 0.3) is 10.0 Å². The second kappa shape index (κ2) is 9.07. The van der Waals surface area contributed by atoms with Gasteiger partial charge in [0.2, 0.25) is 0 Å². The molecule has 27 heavy (non-hydrogen) atoms. The summed E-state index contributed by atoms with van der Waals surface area (Å²) in [5.41, 5.74) is 2.92. The number of benzene rings is 1. The van der Waals surface area contributed by atoms with E-state index in [-0.39, 0.29) is 6.10 Å². The van der Waals surface area contributed by atoms with Crippen LogP contribution in [0.15, 0.2) is 41.3 Å². The molecule has 5 heteroatoms. The summed E-state index contributed by atoms with van der Waals surface area (Å²) in [5.74, 6) is 0. The summed E-state index contributed by atoms with van der Waals surface area (Å²) in [6.07, 6.45) is 9.18. The van der Waals surface area contributed by atoms with Crippen molar-refractivity contribution in [2.24, 2.45) is 0 Å². The molecule has 0 radical (unpaired) electrons. The number of aromatic nitrogens is 1. The second-order valence-electron chi connectivity index (χ2n) is 7.40. The zero-order valence-corrected chi connectivity index (χ0v) is 17.3. The standard InChI is InChI=1S/C22H31NO3S/c1-3-4-5-9-16-22(26-2)21-17-18-12-10-11-15-20(18)23(21)27(24,25)19-13-7-6-8-14-19/h6-8,13-14,17,22H,3-5,9-12,15-16H2,1-2H3. The number of unbranched alkanes of at least 4 members (excludes halogenated alkanes) is 3. The predicted octanol–water partition coefficient (Wildman–Crippen LogP) is 5.26. The zero-order valence-electron chi connectivity index (χ0n) is 16.5. The normalized spacial score (nSPS) is 15.5. The maximum absolute atomic E-state index is 13.5. The first-order valence-corrected chi connectivity index (χ1v) is 11.6. The number of hydrogen-bond acceptors (Lipinski definition) is 3. The largest absolute Gasteiger partial charge is 0.375 e. The third-order valence-electron chi connectivity index (χ3n) is 5.50. The molecule has 0 spiro atoms. The Kier molecular flexibility index (Phi) is 6.77. The fraction of sp³-hybridized carbons (Fsp3) is 0.545. The van der Waals surface area contributed by atoms with Gasteiger partial charge in [-0.25, -0.2) is 12.4 Å². The topological polar surface area (TPSA) is 48.3 Å². The smallest absolute Gasteiger partial charge is 0.268 e. The lowest BCUT2D eigenvalue weighted by atomic mass is 9.98. The summed E-state index contributed by atoms with van der Waals surface area (Å²) in [4.78, 5) is 0.344. The Morgan fingerprint density at radius 2 is 1.81 bits per heavy atom. The Bertz CT molecular complexity index is 840. The number of rotatable bonds is 9. The molecule has 0 bridgehead atoms. The Morgan fingerprint density at radius 1 is 1.07 bits per heavy atom. The number of fused-ring (bicyclic) bond motifs is 1. The van der Waals surface area contributed by atoms with E-state index < -0.39 is 10.0 Å². The molecule has 0 fully saturated rings. The van der Waals surface area contributed by atoms with E-state index in [0.717, 1.165) is 56.3 Å². The van der Waals surface area contributed by atoms with Crippen molar-refractivity contribution in [2.45, 2.75) is 75.7 Å². The van der Waals surface area contributed by atoms with Crippen LogP contribution >= 0.6 is 0 Å². The minimum Gasteiger partial charge on any atom is -0.375 e. The first-order chi connectivity index (χ1) is 13.1. The van der Waals surface area contributed by atoms with Gasteiger partial charge in [0.15, 0.2) is 0 Å². The molecule has 1 aliphatic carbocycles. The van der Waals surface area contributed by atoms with Crippen LogP contribution in [0.5, 0.6) is 0 Å². The Hall–Kier alpha value is -1.59. The van der Waals surface area contributed by atoms with E-state index in [2.05, 4.69) is 13.0 Å². The van der Waals surface area contributed by atoms with Gasteiger partial charge in [-0.1, -0.05) is 50.8 Å². The third kappa shape index (κ3) is 4.30. The Balaban J connectivity index is 2.02. The molecule has 1 aromatic heterocycles. The molecule has 0 aliphatic heterocycles. The van der Waals surface area contributed by atoms with E-state index in [4.69, 9.17) is 4.74 Å². The summed E-state index contributed by atoms with van der Waals surface area (Å²) in [5, 5.41) is 0. The van der Waals surface area contributed by atoms with Crippen LogP contribution in [-0.4, -0.2) is 19.5 Å². The monoisotopic (exact) mass is 389 g/mol. The number of methoxy groups -OCH3 is 1. The van der Waals surface area contributed by atoms with E-state index in [1.807, 2.05) is 6.07 Å². The number of hydrogen-bond donors (Lipinski definition) is 0. The van der Waals surface area contributed by atoms with Gasteiger partial charge in [-0.3, -0.25) is 0 Å². The highest BCUT2D eigenvalue weighted by molar-refractivity contribution is 7.90. The lowest BCUT2D eigenvalue weighted by Crippen LogP contribution is -2.21. The molecule has 2 aromatic rings. The van der Waals surface area contributed by atoms with Crippen LogP contribution in [0.25, 0.3) is 0 Å². The lowest BCUT2D eigenvalue weighted by Gasteiger charge is -2.21. The minimum absolute atomic E-state index is 0.189. The zero-order chi connectivity index (χ0) is 19.3. The SMILES string of the molecule is CCCCCCC(OC)c1cc2c(n1S(=O)(=O)c1ccccc1)CCCC2. The van der Waals surface area contributed by atoms with Crippen molar-refractivity contribution in [3.63, 3.8) is 0 Å². The Labute approximate surface area is 163 Å². The van der Waals surface area contributed by atoms with E-state index in [0.29, 0.717) is 4.90 Å². The van der Waals surface area contributed by atoms with Gasteiger partial charge >= 0.3 is 0 Å². The van der Waals surface area contributed by atoms with Crippen LogP contribution in [0.2, 0.25) is 0 Å². The average Bonchev–Trinajstić information content (AvgIpc) is 3.09. The molecule has 0 saturated carbocycles. The minimum atomic E-state index is -3.62. The van der Waals surface area contributed by atoms with Gasteiger partial charge in [0.1, 0.15) is 0 Å². The lowest BCUT2D eigenvalue weighted by molar-refractivity contribution is 0.0889. The van der Waals surface area contributed by atoms with E-state index in [9.17, 15) is 8.42 Å². The summed E-state index contributed by atoms with van der Waals surface area (Å²) in [6.45, 7) is 2.19. The molecular weight excluding hydrogens is 358 g/mol. The second-order valence-corrected chi connectivity index (χ2v) is 9.19. The fourth-order valence-electron chi connectivity index (χ4n) is 4.04. The summed E-state index contributed by atoms with van der Waals surface area (Å²) in [7, 11) is -1.93. The van der Waals surface area contributed by atoms with E-state index in [1.165, 1.54) is 18.4 Å². The molecule has 3 rings (SSSR count). The van der Waals surface area contributed by atoms with Crippen molar-refractivity contribution in [1.29, 1.82) is 0 Å². The first-order valence-electron chi connectivity index (χ1n) is 10.2.